The molecule has 1 heterocycles. The van der Waals surface area contributed by atoms with Gasteiger partial charge in [-0.1, -0.05) is 0 Å². The normalized spacial score (nSPS) is 10.6. The molecule has 2 rings (SSSR count). The molecule has 0 aliphatic carbocycles. The monoisotopic (exact) mass is 239 g/mol. The number of fused-ring (bicyclic) bond motifs is 1. The molecule has 16 heavy (non-hydrogen) atoms. The van der Waals surface area contributed by atoms with Crippen LogP contribution in [-0.2, 0) is 7.05 Å². The Hall–Kier alpha value is -1.95. The van der Waals surface area contributed by atoms with E-state index in [2.05, 4.69) is 4.98 Å². The van der Waals surface area contributed by atoms with Crippen LogP contribution in [0.2, 0.25) is 5.28 Å². The first-order chi connectivity index (χ1) is 7.50. The fourth-order valence-electron chi connectivity index (χ4n) is 1.35. The van der Waals surface area contributed by atoms with Crippen molar-refractivity contribution in [2.45, 2.75) is 0 Å². The highest BCUT2D eigenvalue weighted by Gasteiger charge is 2.11. The van der Waals surface area contributed by atoms with Crippen molar-refractivity contribution in [2.75, 3.05) is 0 Å². The zero-order valence-electron chi connectivity index (χ0n) is 8.18. The molecule has 1 aromatic carbocycles. The Kier molecular flexibility index (Phi) is 2.35. The number of benzene rings is 1. The molecular weight excluding hydrogens is 234 g/mol. The van der Waals surface area contributed by atoms with Crippen LogP contribution in [0.1, 0.15) is 0 Å². The lowest BCUT2D eigenvalue weighted by Gasteiger charge is -2.02. The smallest absolute Gasteiger partial charge is 0.271 e. The van der Waals surface area contributed by atoms with Gasteiger partial charge in [-0.05, 0) is 17.7 Å². The number of hydrogen-bond acceptors (Lipinski definition) is 4. The summed E-state index contributed by atoms with van der Waals surface area (Å²) in [7, 11) is 1.48. The Balaban J connectivity index is 2.86. The van der Waals surface area contributed by atoms with Crippen LogP contribution < -0.4 is 5.56 Å². The largest absolute Gasteiger partial charge is 0.286 e. The predicted octanol–water partition coefficient (Wildman–Crippen LogP) is 1.50. The summed E-state index contributed by atoms with van der Waals surface area (Å²) in [6.45, 7) is 0. The van der Waals surface area contributed by atoms with Crippen LogP contribution in [0.15, 0.2) is 23.0 Å². The topological polar surface area (TPSA) is 78.0 Å². The second-order valence-corrected chi connectivity index (χ2v) is 3.54. The minimum Gasteiger partial charge on any atom is -0.286 e. The number of nitrogens with zero attached hydrogens (tertiary/aromatic N) is 3. The highest BCUT2D eigenvalue weighted by molar-refractivity contribution is 6.28. The van der Waals surface area contributed by atoms with E-state index in [0.717, 1.165) is 0 Å². The maximum absolute atomic E-state index is 11.7. The summed E-state index contributed by atoms with van der Waals surface area (Å²) in [4.78, 5) is 25.6. The molecule has 0 amide bonds. The number of hydrogen-bond donors (Lipinski definition) is 0. The van der Waals surface area contributed by atoms with E-state index >= 15 is 0 Å². The fraction of sp³-hybridized carbons (Fsp3) is 0.111. The molecule has 0 N–H and O–H groups in total. The minimum absolute atomic E-state index is 0.00185. The summed E-state index contributed by atoms with van der Waals surface area (Å²) in [6, 6.07) is 3.86. The van der Waals surface area contributed by atoms with Gasteiger partial charge >= 0.3 is 0 Å². The van der Waals surface area contributed by atoms with E-state index in [1.165, 1.54) is 29.8 Å². The van der Waals surface area contributed by atoms with Gasteiger partial charge in [-0.2, -0.15) is 0 Å². The van der Waals surface area contributed by atoms with Crippen molar-refractivity contribution in [1.82, 2.24) is 9.55 Å². The van der Waals surface area contributed by atoms with Gasteiger partial charge < -0.3 is 0 Å². The van der Waals surface area contributed by atoms with Crippen molar-refractivity contribution in [1.29, 1.82) is 0 Å². The molecule has 0 fully saturated rings. The Morgan fingerprint density at radius 2 is 2.19 bits per heavy atom. The van der Waals surface area contributed by atoms with E-state index in [1.54, 1.807) is 0 Å². The Morgan fingerprint density at radius 3 is 2.81 bits per heavy atom. The summed E-state index contributed by atoms with van der Waals surface area (Å²) in [5.74, 6) is 0. The summed E-state index contributed by atoms with van der Waals surface area (Å²) in [6.07, 6.45) is 0. The molecule has 0 saturated heterocycles. The van der Waals surface area contributed by atoms with Crippen molar-refractivity contribution in [2.24, 2.45) is 7.05 Å². The Morgan fingerprint density at radius 1 is 1.50 bits per heavy atom. The maximum Gasteiger partial charge on any atom is 0.271 e. The van der Waals surface area contributed by atoms with Gasteiger partial charge in [-0.15, -0.1) is 0 Å². The number of nitro groups is 1. The SMILES string of the molecule is Cn1c(Cl)nc2cc([N+](=O)[O-])ccc2c1=O. The lowest BCUT2D eigenvalue weighted by atomic mass is 10.2. The molecular formula is C9H6ClN3O3. The first-order valence-electron chi connectivity index (χ1n) is 4.31. The van der Waals surface area contributed by atoms with Crippen molar-refractivity contribution in [3.05, 3.63) is 44.0 Å². The number of rotatable bonds is 1. The molecule has 0 aliphatic rings. The summed E-state index contributed by atoms with van der Waals surface area (Å²) in [5.41, 5.74) is -0.225. The van der Waals surface area contributed by atoms with Gasteiger partial charge in [-0.3, -0.25) is 19.5 Å². The maximum atomic E-state index is 11.7. The summed E-state index contributed by atoms with van der Waals surface area (Å²) < 4.78 is 1.18. The Bertz CT molecular complexity index is 650. The lowest BCUT2D eigenvalue weighted by molar-refractivity contribution is -0.384. The second-order valence-electron chi connectivity index (χ2n) is 3.20. The van der Waals surface area contributed by atoms with Crippen LogP contribution in [-0.4, -0.2) is 14.5 Å². The molecule has 7 heteroatoms. The molecule has 0 radical (unpaired) electrons. The van der Waals surface area contributed by atoms with Crippen molar-refractivity contribution in [3.8, 4) is 0 Å². The fourth-order valence-corrected chi connectivity index (χ4v) is 1.51. The first kappa shape index (κ1) is 10.6. The zero-order valence-corrected chi connectivity index (χ0v) is 8.93. The third kappa shape index (κ3) is 1.53. The van der Waals surface area contributed by atoms with Gasteiger partial charge in [0.1, 0.15) is 0 Å². The molecule has 1 aromatic heterocycles. The standard InChI is InChI=1S/C9H6ClN3O3/c1-12-8(14)6-3-2-5(13(15)16)4-7(6)11-9(12)10/h2-4H,1H3. The van der Waals surface area contributed by atoms with Gasteiger partial charge in [0, 0.05) is 19.2 Å². The number of non-ortho nitro benzene ring substituents is 1. The zero-order chi connectivity index (χ0) is 11.9. The first-order valence-corrected chi connectivity index (χ1v) is 4.69. The van der Waals surface area contributed by atoms with Crippen molar-refractivity contribution in [3.63, 3.8) is 0 Å². The molecule has 82 valence electrons. The van der Waals surface area contributed by atoms with E-state index in [-0.39, 0.29) is 22.0 Å². The third-order valence-corrected chi connectivity index (χ3v) is 2.55. The summed E-state index contributed by atoms with van der Waals surface area (Å²) >= 11 is 5.71. The van der Waals surface area contributed by atoms with Crippen LogP contribution >= 0.6 is 11.6 Å². The molecule has 0 bridgehead atoms. The van der Waals surface area contributed by atoms with Crippen molar-refractivity contribution >= 4 is 28.2 Å². The molecule has 0 aliphatic heterocycles. The van der Waals surface area contributed by atoms with Gasteiger partial charge in [0.05, 0.1) is 15.8 Å². The van der Waals surface area contributed by atoms with Crippen LogP contribution in [0, 0.1) is 10.1 Å². The molecule has 0 unspecified atom stereocenters. The average molecular weight is 240 g/mol. The number of aromatic nitrogens is 2. The molecule has 2 aromatic rings. The molecule has 0 spiro atoms. The van der Waals surface area contributed by atoms with E-state index in [1.807, 2.05) is 0 Å². The Labute approximate surface area is 94.2 Å². The highest BCUT2D eigenvalue weighted by Crippen LogP contribution is 2.17. The molecule has 6 nitrogen and oxygen atoms in total. The van der Waals surface area contributed by atoms with Crippen LogP contribution in [0.4, 0.5) is 5.69 Å². The second kappa shape index (κ2) is 3.57. The van der Waals surface area contributed by atoms with E-state index in [4.69, 9.17) is 11.6 Å². The highest BCUT2D eigenvalue weighted by atomic mass is 35.5. The van der Waals surface area contributed by atoms with Gasteiger partial charge in [-0.25, -0.2) is 4.98 Å². The van der Waals surface area contributed by atoms with Crippen molar-refractivity contribution < 1.29 is 4.92 Å². The van der Waals surface area contributed by atoms with Crippen LogP contribution in [0.25, 0.3) is 10.9 Å². The van der Waals surface area contributed by atoms with E-state index in [0.29, 0.717) is 5.39 Å². The summed E-state index contributed by atoms with van der Waals surface area (Å²) in [5, 5.41) is 10.8. The van der Waals surface area contributed by atoms with E-state index < -0.39 is 4.92 Å². The van der Waals surface area contributed by atoms with Gasteiger partial charge in [0.2, 0.25) is 5.28 Å². The lowest BCUT2D eigenvalue weighted by Crippen LogP contribution is -2.18. The van der Waals surface area contributed by atoms with Gasteiger partial charge in [0.25, 0.3) is 11.2 Å². The quantitative estimate of drug-likeness (QED) is 0.429. The van der Waals surface area contributed by atoms with Gasteiger partial charge in [0.15, 0.2) is 0 Å². The molecule has 0 atom stereocenters. The van der Waals surface area contributed by atoms with E-state index in [9.17, 15) is 14.9 Å². The minimum atomic E-state index is -0.549. The third-order valence-electron chi connectivity index (χ3n) is 2.22. The van der Waals surface area contributed by atoms with Crippen LogP contribution in [0.3, 0.4) is 0 Å². The predicted molar refractivity (Wildman–Crippen MR) is 58.6 cm³/mol. The average Bonchev–Trinajstić information content (AvgIpc) is 2.25. The number of halogens is 1. The molecule has 0 saturated carbocycles. The number of nitro benzene ring substituents is 1. The van der Waals surface area contributed by atoms with Crippen LogP contribution in [0.5, 0.6) is 0 Å².